The molecular formula is C13H24N2S2. The summed E-state index contributed by atoms with van der Waals surface area (Å²) in [6.45, 7) is 12.2. The van der Waals surface area contributed by atoms with E-state index in [4.69, 9.17) is 0 Å². The largest absolute Gasteiger partial charge is 0.313 e. The van der Waals surface area contributed by atoms with Gasteiger partial charge in [0.15, 0.2) is 0 Å². The van der Waals surface area contributed by atoms with E-state index >= 15 is 0 Å². The van der Waals surface area contributed by atoms with Gasteiger partial charge >= 0.3 is 0 Å². The molecule has 1 heterocycles. The van der Waals surface area contributed by atoms with Gasteiger partial charge in [0.25, 0.3) is 0 Å². The van der Waals surface area contributed by atoms with Gasteiger partial charge in [-0.3, -0.25) is 0 Å². The molecule has 0 aliphatic rings. The summed E-state index contributed by atoms with van der Waals surface area (Å²) >= 11 is 3.82. The standard InChI is InChI=1S/C13H24N2S2/c1-10(9-16-13(3,4)5)14-7-6-12-15-8-11(2)17-12/h8,10,14H,6-7,9H2,1-5H3. The Morgan fingerprint density at radius 3 is 2.71 bits per heavy atom. The number of thioether (sulfide) groups is 1. The van der Waals surface area contributed by atoms with Gasteiger partial charge in [-0.25, -0.2) is 4.98 Å². The molecule has 2 nitrogen and oxygen atoms in total. The average Bonchev–Trinajstić information content (AvgIpc) is 2.60. The Kier molecular flexibility index (Phi) is 5.97. The third-order valence-corrected chi connectivity index (χ3v) is 4.77. The quantitative estimate of drug-likeness (QED) is 0.858. The Balaban J connectivity index is 2.14. The number of nitrogens with zero attached hydrogens (tertiary/aromatic N) is 1. The molecule has 1 N–H and O–H groups in total. The highest BCUT2D eigenvalue weighted by Gasteiger charge is 2.12. The van der Waals surface area contributed by atoms with Crippen LogP contribution in [-0.2, 0) is 6.42 Å². The molecule has 1 rings (SSSR count). The van der Waals surface area contributed by atoms with Gasteiger partial charge in [0, 0.05) is 40.6 Å². The molecule has 0 aliphatic heterocycles. The topological polar surface area (TPSA) is 24.9 Å². The number of aromatic nitrogens is 1. The minimum Gasteiger partial charge on any atom is -0.313 e. The number of nitrogens with one attached hydrogen (secondary N) is 1. The SMILES string of the molecule is Cc1cnc(CCNC(C)CSC(C)(C)C)s1. The highest BCUT2D eigenvalue weighted by Crippen LogP contribution is 2.23. The zero-order valence-corrected chi connectivity index (χ0v) is 13.2. The molecule has 1 aromatic rings. The van der Waals surface area contributed by atoms with Crippen LogP contribution in [-0.4, -0.2) is 28.1 Å². The molecule has 0 aliphatic carbocycles. The number of hydrogen-bond donors (Lipinski definition) is 1. The molecule has 0 bridgehead atoms. The molecule has 0 saturated heterocycles. The maximum absolute atomic E-state index is 4.37. The van der Waals surface area contributed by atoms with E-state index in [0.29, 0.717) is 10.8 Å². The van der Waals surface area contributed by atoms with Crippen molar-refractivity contribution in [2.75, 3.05) is 12.3 Å². The van der Waals surface area contributed by atoms with Crippen molar-refractivity contribution in [3.05, 3.63) is 16.1 Å². The summed E-state index contributed by atoms with van der Waals surface area (Å²) in [6, 6.07) is 0.570. The fourth-order valence-electron chi connectivity index (χ4n) is 1.38. The molecule has 1 aromatic heterocycles. The van der Waals surface area contributed by atoms with E-state index in [-0.39, 0.29) is 0 Å². The molecule has 0 amide bonds. The van der Waals surface area contributed by atoms with Crippen molar-refractivity contribution in [2.45, 2.75) is 51.8 Å². The molecule has 0 aromatic carbocycles. The highest BCUT2D eigenvalue weighted by molar-refractivity contribution is 8.00. The number of hydrogen-bond acceptors (Lipinski definition) is 4. The predicted molar refractivity (Wildman–Crippen MR) is 80.2 cm³/mol. The molecule has 98 valence electrons. The first-order valence-corrected chi connectivity index (χ1v) is 7.96. The number of rotatable bonds is 6. The lowest BCUT2D eigenvalue weighted by atomic mass is 10.3. The molecule has 0 spiro atoms. The summed E-state index contributed by atoms with van der Waals surface area (Å²) in [6.07, 6.45) is 3.00. The van der Waals surface area contributed by atoms with Crippen LogP contribution in [0.15, 0.2) is 6.20 Å². The van der Waals surface area contributed by atoms with Crippen LogP contribution in [0.1, 0.15) is 37.6 Å². The van der Waals surface area contributed by atoms with Gasteiger partial charge in [-0.05, 0) is 13.8 Å². The minimum absolute atomic E-state index is 0.363. The summed E-state index contributed by atoms with van der Waals surface area (Å²) in [5.41, 5.74) is 0. The summed E-state index contributed by atoms with van der Waals surface area (Å²) in [5, 5.41) is 4.80. The fraction of sp³-hybridized carbons (Fsp3) is 0.769. The van der Waals surface area contributed by atoms with Crippen molar-refractivity contribution in [1.82, 2.24) is 10.3 Å². The van der Waals surface area contributed by atoms with Gasteiger partial charge < -0.3 is 5.32 Å². The zero-order chi connectivity index (χ0) is 12.9. The minimum atomic E-state index is 0.363. The van der Waals surface area contributed by atoms with E-state index in [1.807, 2.05) is 18.0 Å². The van der Waals surface area contributed by atoms with Gasteiger partial charge in [0.2, 0.25) is 0 Å². The second kappa shape index (κ2) is 6.76. The summed E-state index contributed by atoms with van der Waals surface area (Å²) in [7, 11) is 0. The summed E-state index contributed by atoms with van der Waals surface area (Å²) in [4.78, 5) is 5.67. The van der Waals surface area contributed by atoms with E-state index < -0.39 is 0 Å². The van der Waals surface area contributed by atoms with Gasteiger partial charge in [-0.2, -0.15) is 11.8 Å². The van der Waals surface area contributed by atoms with Crippen LogP contribution in [0.5, 0.6) is 0 Å². The third kappa shape index (κ3) is 7.06. The van der Waals surface area contributed by atoms with Crippen LogP contribution in [0.2, 0.25) is 0 Å². The normalized spacial score (nSPS) is 13.9. The van der Waals surface area contributed by atoms with Crippen LogP contribution in [0.4, 0.5) is 0 Å². The van der Waals surface area contributed by atoms with Crippen molar-refractivity contribution < 1.29 is 0 Å². The Morgan fingerprint density at radius 1 is 1.47 bits per heavy atom. The Hall–Kier alpha value is -0.0600. The number of aryl methyl sites for hydroxylation is 1. The van der Waals surface area contributed by atoms with Crippen LogP contribution in [0.3, 0.4) is 0 Å². The van der Waals surface area contributed by atoms with Crippen molar-refractivity contribution >= 4 is 23.1 Å². The number of thiazole rings is 1. The molecule has 17 heavy (non-hydrogen) atoms. The van der Waals surface area contributed by atoms with Gasteiger partial charge in [0.1, 0.15) is 0 Å². The van der Waals surface area contributed by atoms with Crippen molar-refractivity contribution in [1.29, 1.82) is 0 Å². The maximum Gasteiger partial charge on any atom is 0.0940 e. The monoisotopic (exact) mass is 272 g/mol. The fourth-order valence-corrected chi connectivity index (χ4v) is 3.03. The first-order chi connectivity index (χ1) is 7.87. The average molecular weight is 272 g/mol. The molecule has 0 fully saturated rings. The first-order valence-electron chi connectivity index (χ1n) is 6.15. The van der Waals surface area contributed by atoms with E-state index in [9.17, 15) is 0 Å². The van der Waals surface area contributed by atoms with Crippen molar-refractivity contribution in [2.24, 2.45) is 0 Å². The molecule has 0 saturated carbocycles. The zero-order valence-electron chi connectivity index (χ0n) is 11.5. The molecule has 4 heteroatoms. The smallest absolute Gasteiger partial charge is 0.0940 e. The van der Waals surface area contributed by atoms with Crippen LogP contribution < -0.4 is 5.32 Å². The molecule has 1 unspecified atom stereocenters. The Labute approximate surface area is 114 Å². The molecular weight excluding hydrogens is 248 g/mol. The second-order valence-corrected chi connectivity index (χ2v) is 8.56. The predicted octanol–water partition coefficient (Wildman–Crippen LogP) is 3.50. The Morgan fingerprint density at radius 2 is 2.18 bits per heavy atom. The lowest BCUT2D eigenvalue weighted by Gasteiger charge is -2.21. The van der Waals surface area contributed by atoms with Crippen LogP contribution in [0.25, 0.3) is 0 Å². The van der Waals surface area contributed by atoms with Gasteiger partial charge in [-0.1, -0.05) is 20.8 Å². The van der Waals surface area contributed by atoms with E-state index in [1.165, 1.54) is 15.6 Å². The van der Waals surface area contributed by atoms with E-state index in [2.05, 4.69) is 44.9 Å². The van der Waals surface area contributed by atoms with E-state index in [1.54, 1.807) is 11.3 Å². The third-order valence-electron chi connectivity index (χ3n) is 2.27. The highest BCUT2D eigenvalue weighted by atomic mass is 32.2. The van der Waals surface area contributed by atoms with Crippen LogP contribution >= 0.6 is 23.1 Å². The van der Waals surface area contributed by atoms with E-state index in [0.717, 1.165) is 13.0 Å². The second-order valence-electron chi connectivity index (χ2n) is 5.39. The lowest BCUT2D eigenvalue weighted by molar-refractivity contribution is 0.594. The van der Waals surface area contributed by atoms with Gasteiger partial charge in [-0.15, -0.1) is 11.3 Å². The maximum atomic E-state index is 4.37. The lowest BCUT2D eigenvalue weighted by Crippen LogP contribution is -2.31. The Bertz CT molecular complexity index is 328. The molecule has 1 atom stereocenters. The van der Waals surface area contributed by atoms with Crippen molar-refractivity contribution in [3.8, 4) is 0 Å². The van der Waals surface area contributed by atoms with Crippen molar-refractivity contribution in [3.63, 3.8) is 0 Å². The van der Waals surface area contributed by atoms with Crippen LogP contribution in [0, 0.1) is 6.92 Å². The first kappa shape index (κ1) is 15.0. The summed E-state index contributed by atoms with van der Waals surface area (Å²) < 4.78 is 0.363. The van der Waals surface area contributed by atoms with Gasteiger partial charge in [0.05, 0.1) is 5.01 Å². The summed E-state index contributed by atoms with van der Waals surface area (Å²) in [5.74, 6) is 1.17. The molecule has 0 radical (unpaired) electrons.